The van der Waals surface area contributed by atoms with E-state index in [0.717, 1.165) is 11.1 Å². The summed E-state index contributed by atoms with van der Waals surface area (Å²) in [7, 11) is 0. The molecule has 0 radical (unpaired) electrons. The lowest BCUT2D eigenvalue weighted by Gasteiger charge is -2.12. The molecule has 0 saturated heterocycles. The number of rotatable bonds is 0. The van der Waals surface area contributed by atoms with Gasteiger partial charge in [-0.15, -0.1) is 0 Å². The van der Waals surface area contributed by atoms with Crippen LogP contribution in [-0.4, -0.2) is 10.6 Å². The molecule has 15 heavy (non-hydrogen) atoms. The smallest absolute Gasteiger partial charge is 0.273 e. The van der Waals surface area contributed by atoms with Gasteiger partial charge < -0.3 is 0 Å². The van der Waals surface area contributed by atoms with Gasteiger partial charge in [0, 0.05) is 0 Å². The molecule has 0 amide bonds. The van der Waals surface area contributed by atoms with Crippen LogP contribution >= 0.6 is 0 Å². The van der Waals surface area contributed by atoms with Gasteiger partial charge in [-0.05, 0) is 56.8 Å². The molecule has 2 rings (SSSR count). The summed E-state index contributed by atoms with van der Waals surface area (Å²) in [6.07, 6.45) is 8.10. The number of carbonyl (C=O) groups excluding carboxylic acids is 1. The van der Waals surface area contributed by atoms with Crippen LogP contribution in [-0.2, 0) is 0 Å². The molecule has 0 heterocycles. The van der Waals surface area contributed by atoms with Crippen LogP contribution in [0.15, 0.2) is 34.4 Å². The summed E-state index contributed by atoms with van der Waals surface area (Å²) in [6, 6.07) is 0. The quantitative estimate of drug-likeness (QED) is 0.537. The van der Waals surface area contributed by atoms with Crippen LogP contribution in [0.2, 0.25) is 0 Å². The Labute approximate surface area is 91.6 Å². The highest BCUT2D eigenvalue weighted by Crippen LogP contribution is 2.35. The van der Waals surface area contributed by atoms with Crippen molar-refractivity contribution in [2.45, 2.75) is 40.0 Å². The van der Waals surface area contributed by atoms with Crippen molar-refractivity contribution < 1.29 is 4.79 Å². The van der Waals surface area contributed by atoms with E-state index in [2.05, 4.69) is 19.1 Å². The average molecular weight is 203 g/mol. The zero-order valence-electron chi connectivity index (χ0n) is 9.80. The van der Waals surface area contributed by atoms with Crippen LogP contribution in [0.25, 0.3) is 0 Å². The van der Waals surface area contributed by atoms with Gasteiger partial charge in [0.2, 0.25) is 0 Å². The summed E-state index contributed by atoms with van der Waals surface area (Å²) in [5, 5.41) is 0. The second-order valence-corrected chi connectivity index (χ2v) is 4.78. The zero-order chi connectivity index (χ0) is 11.0. The third-order valence-corrected chi connectivity index (χ3v) is 3.54. The lowest BCUT2D eigenvalue weighted by atomic mass is 9.90. The molecule has 1 unspecified atom stereocenters. The van der Waals surface area contributed by atoms with Gasteiger partial charge in [0.25, 0.3) is 0 Å². The summed E-state index contributed by atoms with van der Waals surface area (Å²) in [6.45, 7) is 6.26. The van der Waals surface area contributed by atoms with Crippen LogP contribution in [0.4, 0.5) is 0 Å². The maximum Gasteiger partial charge on any atom is 0.345 e. The SMILES string of the molecule is CC1=CC(=C2CCCC2C)C=C(C)C1=[OH+]. The predicted molar refractivity (Wildman–Crippen MR) is 64.5 cm³/mol. The number of allylic oxidation sites excluding steroid dienone is 6. The second kappa shape index (κ2) is 3.80. The number of ketones is 1. The van der Waals surface area contributed by atoms with Gasteiger partial charge >= 0.3 is 5.78 Å². The lowest BCUT2D eigenvalue weighted by molar-refractivity contribution is 0.674. The molecule has 0 spiro atoms. The number of hydrogen-bond donors (Lipinski definition) is 0. The number of hydrogen-bond acceptors (Lipinski definition) is 0. The van der Waals surface area contributed by atoms with Crippen molar-refractivity contribution >= 4 is 5.78 Å². The van der Waals surface area contributed by atoms with Gasteiger partial charge in [-0.25, -0.2) is 0 Å². The van der Waals surface area contributed by atoms with Crippen molar-refractivity contribution in [3.05, 3.63) is 34.4 Å². The van der Waals surface area contributed by atoms with Gasteiger partial charge in [-0.2, -0.15) is 0 Å². The molecule has 0 aromatic heterocycles. The Morgan fingerprint density at radius 3 is 2.27 bits per heavy atom. The molecule has 80 valence electrons. The molecular formula is C14H19O+. The average Bonchev–Trinajstić information content (AvgIpc) is 2.60. The van der Waals surface area contributed by atoms with E-state index in [9.17, 15) is 4.79 Å². The Hall–Kier alpha value is -1.11. The van der Waals surface area contributed by atoms with E-state index in [1.807, 2.05) is 13.8 Å². The van der Waals surface area contributed by atoms with Gasteiger partial charge in [0.1, 0.15) is 0 Å². The molecule has 2 aliphatic carbocycles. The molecule has 1 saturated carbocycles. The molecule has 1 heteroatoms. The minimum atomic E-state index is 0.449. The summed E-state index contributed by atoms with van der Waals surface area (Å²) >= 11 is 0. The van der Waals surface area contributed by atoms with Crippen molar-refractivity contribution in [1.29, 1.82) is 0 Å². The van der Waals surface area contributed by atoms with Gasteiger partial charge in [0.15, 0.2) is 0 Å². The van der Waals surface area contributed by atoms with E-state index in [-0.39, 0.29) is 0 Å². The predicted octanol–water partition coefficient (Wildman–Crippen LogP) is 3.55. The Balaban J connectivity index is 2.43. The highest BCUT2D eigenvalue weighted by molar-refractivity contribution is 6.10. The van der Waals surface area contributed by atoms with Crippen molar-refractivity contribution in [2.75, 3.05) is 0 Å². The maximum atomic E-state index is 9.73. The van der Waals surface area contributed by atoms with E-state index in [1.54, 1.807) is 5.57 Å². The standard InChI is InChI=1S/C14H18O/c1-9-5-4-6-13(9)12-7-10(2)14(15)11(3)8-12/h7-9H,4-6H2,1-3H3/p+1. The summed E-state index contributed by atoms with van der Waals surface area (Å²) in [4.78, 5) is 9.73. The fraction of sp³-hybridized carbons (Fsp3) is 0.500. The molecule has 0 aromatic rings. The summed E-state index contributed by atoms with van der Waals surface area (Å²) < 4.78 is 0. The third-order valence-electron chi connectivity index (χ3n) is 3.54. The largest absolute Gasteiger partial charge is 0.345 e. The first-order valence-corrected chi connectivity index (χ1v) is 5.76. The highest BCUT2D eigenvalue weighted by atomic mass is 16.1. The van der Waals surface area contributed by atoms with Gasteiger partial charge in [0.05, 0.1) is 11.1 Å². The lowest BCUT2D eigenvalue weighted by Crippen LogP contribution is -2.08. The van der Waals surface area contributed by atoms with Crippen LogP contribution in [0.1, 0.15) is 40.0 Å². The molecule has 1 fully saturated rings. The highest BCUT2D eigenvalue weighted by Gasteiger charge is 2.24. The topological polar surface area (TPSA) is 21.4 Å². The van der Waals surface area contributed by atoms with Crippen molar-refractivity contribution in [3.8, 4) is 0 Å². The van der Waals surface area contributed by atoms with Crippen LogP contribution in [0.3, 0.4) is 0 Å². The van der Waals surface area contributed by atoms with E-state index < -0.39 is 0 Å². The fourth-order valence-corrected chi connectivity index (χ4v) is 2.59. The van der Waals surface area contributed by atoms with Crippen molar-refractivity contribution in [2.24, 2.45) is 5.92 Å². The zero-order valence-corrected chi connectivity index (χ0v) is 9.80. The Kier molecular flexibility index (Phi) is 2.64. The van der Waals surface area contributed by atoms with Crippen LogP contribution < -0.4 is 0 Å². The van der Waals surface area contributed by atoms with E-state index in [4.69, 9.17) is 0 Å². The Morgan fingerprint density at radius 2 is 1.80 bits per heavy atom. The summed E-state index contributed by atoms with van der Waals surface area (Å²) in [5.41, 5.74) is 4.90. The van der Waals surface area contributed by atoms with Crippen LogP contribution in [0.5, 0.6) is 0 Å². The molecule has 0 aliphatic heterocycles. The molecule has 0 bridgehead atoms. The summed E-state index contributed by atoms with van der Waals surface area (Å²) in [5.74, 6) is 1.17. The Bertz CT molecular complexity index is 370. The monoisotopic (exact) mass is 203 g/mol. The first-order valence-electron chi connectivity index (χ1n) is 5.76. The maximum absolute atomic E-state index is 9.73. The molecule has 0 aromatic carbocycles. The minimum Gasteiger partial charge on any atom is -0.273 e. The van der Waals surface area contributed by atoms with Crippen molar-refractivity contribution in [3.63, 3.8) is 0 Å². The molecule has 1 atom stereocenters. The van der Waals surface area contributed by atoms with Gasteiger partial charge in [-0.1, -0.05) is 12.5 Å². The molecular weight excluding hydrogens is 184 g/mol. The normalized spacial score (nSPS) is 26.9. The Morgan fingerprint density at radius 1 is 1.20 bits per heavy atom. The molecule has 1 N–H and O–H groups in total. The van der Waals surface area contributed by atoms with E-state index in [0.29, 0.717) is 11.7 Å². The first kappa shape index (κ1) is 10.4. The van der Waals surface area contributed by atoms with Crippen molar-refractivity contribution in [1.82, 2.24) is 0 Å². The first-order chi connectivity index (χ1) is 7.09. The van der Waals surface area contributed by atoms with E-state index >= 15 is 0 Å². The van der Waals surface area contributed by atoms with Gasteiger partial charge in [-0.3, -0.25) is 4.79 Å². The molecule has 1 nitrogen and oxygen atoms in total. The second-order valence-electron chi connectivity index (χ2n) is 4.78. The minimum absolute atomic E-state index is 0.449. The molecule has 2 aliphatic rings. The fourth-order valence-electron chi connectivity index (χ4n) is 2.59. The van der Waals surface area contributed by atoms with Crippen LogP contribution in [0, 0.1) is 5.92 Å². The third kappa shape index (κ3) is 1.83. The van der Waals surface area contributed by atoms with E-state index in [1.165, 1.54) is 24.8 Å².